The minimum absolute atomic E-state index is 0.242. The molecule has 0 saturated heterocycles. The van der Waals surface area contributed by atoms with Gasteiger partial charge in [0.05, 0.1) is 6.04 Å². The van der Waals surface area contributed by atoms with Crippen LogP contribution in [-0.2, 0) is 0 Å². The Kier molecular flexibility index (Phi) is 3.31. The molecule has 1 aromatic heterocycles. The molecular formula is C16H20FNO. The number of hydrogen-bond donors (Lipinski definition) is 1. The second kappa shape index (κ2) is 4.97. The number of rotatable bonds is 5. The van der Waals surface area contributed by atoms with E-state index >= 15 is 0 Å². The molecule has 0 amide bonds. The van der Waals surface area contributed by atoms with Gasteiger partial charge in [0.2, 0.25) is 0 Å². The molecule has 1 fully saturated rings. The average Bonchev–Trinajstić information content (AvgIpc) is 3.13. The van der Waals surface area contributed by atoms with Gasteiger partial charge in [0.15, 0.2) is 11.4 Å². The first-order chi connectivity index (χ1) is 9.20. The van der Waals surface area contributed by atoms with Crippen LogP contribution in [0.2, 0.25) is 0 Å². The zero-order valence-corrected chi connectivity index (χ0v) is 11.5. The van der Waals surface area contributed by atoms with Crippen molar-refractivity contribution in [2.24, 2.45) is 5.92 Å². The largest absolute Gasteiger partial charge is 0.456 e. The lowest BCUT2D eigenvalue weighted by atomic mass is 10.1. The van der Waals surface area contributed by atoms with Crippen LogP contribution < -0.4 is 5.32 Å². The fraction of sp³-hybridized carbons (Fsp3) is 0.500. The summed E-state index contributed by atoms with van der Waals surface area (Å²) < 4.78 is 19.6. The number of hydrogen-bond acceptors (Lipinski definition) is 2. The molecule has 0 radical (unpaired) electrons. The van der Waals surface area contributed by atoms with Crippen molar-refractivity contribution in [3.05, 3.63) is 35.3 Å². The summed E-state index contributed by atoms with van der Waals surface area (Å²) >= 11 is 0. The van der Waals surface area contributed by atoms with Crippen LogP contribution in [0.15, 0.2) is 22.6 Å². The molecule has 0 spiro atoms. The molecule has 1 atom stereocenters. The highest BCUT2D eigenvalue weighted by molar-refractivity contribution is 5.82. The summed E-state index contributed by atoms with van der Waals surface area (Å²) in [6.45, 7) is 5.12. The third kappa shape index (κ3) is 2.39. The molecule has 0 aliphatic heterocycles. The van der Waals surface area contributed by atoms with Crippen molar-refractivity contribution in [1.82, 2.24) is 5.32 Å². The lowest BCUT2D eigenvalue weighted by Crippen LogP contribution is -2.23. The topological polar surface area (TPSA) is 25.2 Å². The maximum Gasteiger partial charge on any atom is 0.170 e. The third-order valence-electron chi connectivity index (χ3n) is 3.89. The van der Waals surface area contributed by atoms with Crippen molar-refractivity contribution in [2.45, 2.75) is 39.2 Å². The van der Waals surface area contributed by atoms with Gasteiger partial charge >= 0.3 is 0 Å². The van der Waals surface area contributed by atoms with Gasteiger partial charge in [-0.3, -0.25) is 0 Å². The Morgan fingerprint density at radius 2 is 2.21 bits per heavy atom. The monoisotopic (exact) mass is 261 g/mol. The molecule has 1 aromatic carbocycles. The van der Waals surface area contributed by atoms with Gasteiger partial charge in [-0.05, 0) is 56.3 Å². The van der Waals surface area contributed by atoms with E-state index in [1.165, 1.54) is 18.9 Å². The quantitative estimate of drug-likeness (QED) is 0.866. The highest BCUT2D eigenvalue weighted by Gasteiger charge is 2.34. The van der Waals surface area contributed by atoms with E-state index in [1.54, 1.807) is 0 Å². The molecule has 0 bridgehead atoms. The normalized spacial score (nSPS) is 17.0. The fourth-order valence-corrected chi connectivity index (χ4v) is 2.63. The van der Waals surface area contributed by atoms with Gasteiger partial charge in [-0.25, -0.2) is 4.39 Å². The second-order valence-corrected chi connectivity index (χ2v) is 5.53. The molecule has 1 aliphatic carbocycles. The van der Waals surface area contributed by atoms with Gasteiger partial charge in [-0.2, -0.15) is 0 Å². The van der Waals surface area contributed by atoms with E-state index in [0.717, 1.165) is 29.7 Å². The number of furan rings is 1. The first-order valence-corrected chi connectivity index (χ1v) is 7.12. The molecule has 102 valence electrons. The van der Waals surface area contributed by atoms with Crippen LogP contribution in [0.25, 0.3) is 11.0 Å². The van der Waals surface area contributed by atoms with E-state index in [0.29, 0.717) is 11.5 Å². The van der Waals surface area contributed by atoms with Crippen LogP contribution in [-0.4, -0.2) is 6.54 Å². The SMILES string of the molecule is CCCNC(c1cc2c(C)ccc(F)c2o1)C1CC1. The molecule has 1 N–H and O–H groups in total. The summed E-state index contributed by atoms with van der Waals surface area (Å²) in [4.78, 5) is 0. The predicted octanol–water partition coefficient (Wildman–Crippen LogP) is 4.33. The molecule has 2 nitrogen and oxygen atoms in total. The lowest BCUT2D eigenvalue weighted by Gasteiger charge is -2.14. The van der Waals surface area contributed by atoms with Crippen LogP contribution in [0.3, 0.4) is 0 Å². The summed E-state index contributed by atoms with van der Waals surface area (Å²) in [5, 5.41) is 4.43. The summed E-state index contributed by atoms with van der Waals surface area (Å²) in [5.41, 5.74) is 1.47. The van der Waals surface area contributed by atoms with Crippen molar-refractivity contribution in [2.75, 3.05) is 6.54 Å². The van der Waals surface area contributed by atoms with Gasteiger partial charge < -0.3 is 9.73 Å². The zero-order chi connectivity index (χ0) is 13.4. The average molecular weight is 261 g/mol. The molecule has 3 heteroatoms. The molecule has 2 aromatic rings. The molecule has 19 heavy (non-hydrogen) atoms. The Morgan fingerprint density at radius 1 is 1.42 bits per heavy atom. The van der Waals surface area contributed by atoms with E-state index in [-0.39, 0.29) is 11.9 Å². The minimum Gasteiger partial charge on any atom is -0.456 e. The maximum absolute atomic E-state index is 13.8. The van der Waals surface area contributed by atoms with Crippen molar-refractivity contribution in [3.8, 4) is 0 Å². The first kappa shape index (κ1) is 12.7. The summed E-state index contributed by atoms with van der Waals surface area (Å²) in [6.07, 6.45) is 3.57. The second-order valence-electron chi connectivity index (χ2n) is 5.53. The molecule has 1 aliphatic rings. The Morgan fingerprint density at radius 3 is 2.84 bits per heavy atom. The van der Waals surface area contributed by atoms with E-state index in [9.17, 15) is 4.39 Å². The summed E-state index contributed by atoms with van der Waals surface area (Å²) in [7, 11) is 0. The highest BCUT2D eigenvalue weighted by Crippen LogP contribution is 2.42. The minimum atomic E-state index is -0.267. The van der Waals surface area contributed by atoms with Gasteiger partial charge in [-0.15, -0.1) is 0 Å². The smallest absolute Gasteiger partial charge is 0.170 e. The highest BCUT2D eigenvalue weighted by atomic mass is 19.1. The third-order valence-corrected chi connectivity index (χ3v) is 3.89. The Labute approximate surface area is 113 Å². The van der Waals surface area contributed by atoms with Gasteiger partial charge in [0.1, 0.15) is 5.76 Å². The van der Waals surface area contributed by atoms with Crippen molar-refractivity contribution in [3.63, 3.8) is 0 Å². The molecule has 1 heterocycles. The van der Waals surface area contributed by atoms with E-state index in [2.05, 4.69) is 12.2 Å². The number of aryl methyl sites for hydroxylation is 1. The van der Waals surface area contributed by atoms with Crippen molar-refractivity contribution < 1.29 is 8.81 Å². The molecule has 1 unspecified atom stereocenters. The van der Waals surface area contributed by atoms with E-state index < -0.39 is 0 Å². The van der Waals surface area contributed by atoms with Crippen LogP contribution in [0.4, 0.5) is 4.39 Å². The van der Waals surface area contributed by atoms with Crippen LogP contribution in [0.5, 0.6) is 0 Å². The van der Waals surface area contributed by atoms with Crippen molar-refractivity contribution in [1.29, 1.82) is 0 Å². The summed E-state index contributed by atoms with van der Waals surface area (Å²) in [5.74, 6) is 1.27. The standard InChI is InChI=1S/C16H20FNO/c1-3-8-18-15(11-5-6-11)14-9-12-10(2)4-7-13(17)16(12)19-14/h4,7,9,11,15,18H,3,5-6,8H2,1-2H3. The number of benzene rings is 1. The predicted molar refractivity (Wildman–Crippen MR) is 74.7 cm³/mol. The molecule has 3 rings (SSSR count). The number of fused-ring (bicyclic) bond motifs is 1. The molecule has 1 saturated carbocycles. The zero-order valence-electron chi connectivity index (χ0n) is 11.5. The van der Waals surface area contributed by atoms with Crippen molar-refractivity contribution >= 4 is 11.0 Å². The van der Waals surface area contributed by atoms with Crippen LogP contribution in [0.1, 0.15) is 43.6 Å². The van der Waals surface area contributed by atoms with E-state index in [1.807, 2.05) is 19.1 Å². The Bertz CT molecular complexity index is 547. The maximum atomic E-state index is 13.8. The number of halogens is 1. The van der Waals surface area contributed by atoms with E-state index in [4.69, 9.17) is 4.42 Å². The van der Waals surface area contributed by atoms with Gasteiger partial charge in [-0.1, -0.05) is 13.0 Å². The lowest BCUT2D eigenvalue weighted by molar-refractivity contribution is 0.392. The summed E-state index contributed by atoms with van der Waals surface area (Å²) in [6, 6.07) is 5.55. The molecular weight excluding hydrogens is 241 g/mol. The Balaban J connectivity index is 1.99. The fourth-order valence-electron chi connectivity index (χ4n) is 2.63. The Hall–Kier alpha value is -1.35. The van der Waals surface area contributed by atoms with Gasteiger partial charge in [0.25, 0.3) is 0 Å². The number of nitrogens with one attached hydrogen (secondary N) is 1. The van der Waals surface area contributed by atoms with Crippen LogP contribution >= 0.6 is 0 Å². The first-order valence-electron chi connectivity index (χ1n) is 7.12. The van der Waals surface area contributed by atoms with Crippen LogP contribution in [0, 0.1) is 18.7 Å². The van der Waals surface area contributed by atoms with Gasteiger partial charge in [0, 0.05) is 5.39 Å².